The average Bonchev–Trinajstić information content (AvgIpc) is 2.98. The average molecular weight is 321 g/mol. The van der Waals surface area contributed by atoms with Crippen LogP contribution in [0.25, 0.3) is 0 Å². The van der Waals surface area contributed by atoms with Crippen LogP contribution in [0.5, 0.6) is 0 Å². The molecule has 0 saturated carbocycles. The highest BCUT2D eigenvalue weighted by molar-refractivity contribution is 7.92. The molecule has 1 amide bonds. The lowest BCUT2D eigenvalue weighted by Crippen LogP contribution is -2.38. The van der Waals surface area contributed by atoms with Crippen molar-refractivity contribution in [2.24, 2.45) is 5.10 Å². The number of hydrazone groups is 1. The number of furan rings is 1. The van der Waals surface area contributed by atoms with E-state index in [0.717, 1.165) is 10.6 Å². The summed E-state index contributed by atoms with van der Waals surface area (Å²) in [5, 5.41) is 3.70. The molecule has 0 fully saturated rings. The number of amides is 1. The Labute approximate surface area is 128 Å². The SMILES string of the molecule is CS(=O)(=O)N(CC(=O)N/N=C\c1ccco1)c1ccccc1. The van der Waals surface area contributed by atoms with Gasteiger partial charge >= 0.3 is 0 Å². The largest absolute Gasteiger partial charge is 0.463 e. The van der Waals surface area contributed by atoms with Crippen molar-refractivity contribution in [1.82, 2.24) is 5.43 Å². The summed E-state index contributed by atoms with van der Waals surface area (Å²) >= 11 is 0. The summed E-state index contributed by atoms with van der Waals surface area (Å²) in [4.78, 5) is 11.8. The second-order valence-corrected chi connectivity index (χ2v) is 6.32. The fourth-order valence-electron chi connectivity index (χ4n) is 1.69. The first-order valence-electron chi connectivity index (χ1n) is 6.35. The zero-order valence-electron chi connectivity index (χ0n) is 11.8. The predicted molar refractivity (Wildman–Crippen MR) is 83.1 cm³/mol. The van der Waals surface area contributed by atoms with Crippen molar-refractivity contribution >= 4 is 27.8 Å². The van der Waals surface area contributed by atoms with Gasteiger partial charge in [-0.25, -0.2) is 13.8 Å². The Hall–Kier alpha value is -2.61. The summed E-state index contributed by atoms with van der Waals surface area (Å²) in [6.07, 6.45) is 3.84. The Bertz CT molecular complexity index is 740. The molecule has 22 heavy (non-hydrogen) atoms. The van der Waals surface area contributed by atoms with Crippen molar-refractivity contribution in [2.75, 3.05) is 17.1 Å². The van der Waals surface area contributed by atoms with Crippen molar-refractivity contribution < 1.29 is 17.6 Å². The van der Waals surface area contributed by atoms with Crippen LogP contribution in [-0.4, -0.2) is 33.3 Å². The van der Waals surface area contributed by atoms with Crippen LogP contribution < -0.4 is 9.73 Å². The Morgan fingerprint density at radius 3 is 2.59 bits per heavy atom. The Morgan fingerprint density at radius 1 is 1.27 bits per heavy atom. The van der Waals surface area contributed by atoms with Gasteiger partial charge in [-0.3, -0.25) is 9.10 Å². The van der Waals surface area contributed by atoms with Gasteiger partial charge in [-0.2, -0.15) is 5.10 Å². The van der Waals surface area contributed by atoms with Crippen LogP contribution >= 0.6 is 0 Å². The topological polar surface area (TPSA) is 92.0 Å². The number of hydrogen-bond acceptors (Lipinski definition) is 5. The molecule has 7 nitrogen and oxygen atoms in total. The molecule has 1 aromatic heterocycles. The third kappa shape index (κ3) is 4.45. The highest BCUT2D eigenvalue weighted by Crippen LogP contribution is 2.15. The number of anilines is 1. The first-order chi connectivity index (χ1) is 10.5. The molecule has 0 aliphatic rings. The molecule has 0 unspecified atom stereocenters. The molecule has 0 spiro atoms. The van der Waals surface area contributed by atoms with Gasteiger partial charge in [-0.15, -0.1) is 0 Å². The zero-order valence-corrected chi connectivity index (χ0v) is 12.7. The lowest BCUT2D eigenvalue weighted by Gasteiger charge is -2.21. The number of carbonyl (C=O) groups excluding carboxylic acids is 1. The maximum Gasteiger partial charge on any atom is 0.260 e. The summed E-state index contributed by atoms with van der Waals surface area (Å²) in [5.74, 6) is -0.0830. The molecule has 0 bridgehead atoms. The van der Waals surface area contributed by atoms with E-state index >= 15 is 0 Å². The lowest BCUT2D eigenvalue weighted by atomic mass is 10.3. The van der Waals surface area contributed by atoms with Crippen LogP contribution in [0.2, 0.25) is 0 Å². The van der Waals surface area contributed by atoms with E-state index in [9.17, 15) is 13.2 Å². The van der Waals surface area contributed by atoms with Crippen LogP contribution in [0.15, 0.2) is 58.2 Å². The van der Waals surface area contributed by atoms with Crippen LogP contribution in [0.3, 0.4) is 0 Å². The Balaban J connectivity index is 2.03. The number of para-hydroxylation sites is 1. The van der Waals surface area contributed by atoms with E-state index < -0.39 is 15.9 Å². The van der Waals surface area contributed by atoms with Crippen LogP contribution in [-0.2, 0) is 14.8 Å². The van der Waals surface area contributed by atoms with Crippen molar-refractivity contribution in [3.05, 3.63) is 54.5 Å². The van der Waals surface area contributed by atoms with E-state index in [4.69, 9.17) is 4.42 Å². The second kappa shape index (κ2) is 6.90. The highest BCUT2D eigenvalue weighted by Gasteiger charge is 2.20. The van der Waals surface area contributed by atoms with Gasteiger partial charge in [0.15, 0.2) is 0 Å². The molecule has 1 heterocycles. The minimum absolute atomic E-state index is 0.363. The molecule has 0 aliphatic carbocycles. The third-order valence-corrected chi connectivity index (χ3v) is 3.80. The number of sulfonamides is 1. The van der Waals surface area contributed by atoms with Gasteiger partial charge in [-0.1, -0.05) is 18.2 Å². The fraction of sp³-hybridized carbons (Fsp3) is 0.143. The lowest BCUT2D eigenvalue weighted by molar-refractivity contribution is -0.119. The molecule has 1 N–H and O–H groups in total. The van der Waals surface area contributed by atoms with Gasteiger partial charge in [0.05, 0.1) is 24.4 Å². The molecule has 0 saturated heterocycles. The molecule has 0 aliphatic heterocycles. The van der Waals surface area contributed by atoms with E-state index in [2.05, 4.69) is 10.5 Å². The van der Waals surface area contributed by atoms with Gasteiger partial charge in [-0.05, 0) is 24.3 Å². The van der Waals surface area contributed by atoms with E-state index in [1.807, 2.05) is 0 Å². The minimum atomic E-state index is -3.58. The van der Waals surface area contributed by atoms with Gasteiger partial charge < -0.3 is 4.42 Å². The van der Waals surface area contributed by atoms with E-state index in [0.29, 0.717) is 11.4 Å². The van der Waals surface area contributed by atoms with Crippen molar-refractivity contribution in [3.63, 3.8) is 0 Å². The minimum Gasteiger partial charge on any atom is -0.463 e. The monoisotopic (exact) mass is 321 g/mol. The quantitative estimate of drug-likeness (QED) is 0.639. The summed E-state index contributed by atoms with van der Waals surface area (Å²) in [7, 11) is -3.58. The van der Waals surface area contributed by atoms with E-state index in [-0.39, 0.29) is 6.54 Å². The van der Waals surface area contributed by atoms with E-state index in [1.165, 1.54) is 12.5 Å². The van der Waals surface area contributed by atoms with Gasteiger partial charge in [0.2, 0.25) is 10.0 Å². The van der Waals surface area contributed by atoms with Crippen molar-refractivity contribution in [1.29, 1.82) is 0 Å². The molecular weight excluding hydrogens is 306 g/mol. The standard InChI is InChI=1S/C14H15N3O4S/c1-22(19,20)17(12-6-3-2-4-7-12)11-14(18)16-15-10-13-8-5-9-21-13/h2-10H,11H2,1H3,(H,16,18)/b15-10-. The maximum atomic E-state index is 11.8. The maximum absolute atomic E-state index is 11.8. The fourth-order valence-corrected chi connectivity index (χ4v) is 2.55. The summed E-state index contributed by atoms with van der Waals surface area (Å²) in [6.45, 7) is -0.363. The first kappa shape index (κ1) is 15.8. The third-order valence-electron chi connectivity index (χ3n) is 2.66. The number of rotatable bonds is 6. The second-order valence-electron chi connectivity index (χ2n) is 4.41. The number of nitrogens with one attached hydrogen (secondary N) is 1. The molecule has 116 valence electrons. The Kier molecular flexibility index (Phi) is 4.95. The summed E-state index contributed by atoms with van der Waals surface area (Å²) in [5.41, 5.74) is 2.67. The number of benzene rings is 1. The molecular formula is C14H15N3O4S. The van der Waals surface area contributed by atoms with E-state index in [1.54, 1.807) is 42.5 Å². The molecule has 1 aromatic carbocycles. The predicted octanol–water partition coefficient (Wildman–Crippen LogP) is 1.20. The van der Waals surface area contributed by atoms with Crippen LogP contribution in [0, 0.1) is 0 Å². The van der Waals surface area contributed by atoms with Gasteiger partial charge in [0.1, 0.15) is 12.3 Å². The van der Waals surface area contributed by atoms with Gasteiger partial charge in [0, 0.05) is 0 Å². The van der Waals surface area contributed by atoms with Gasteiger partial charge in [0.25, 0.3) is 5.91 Å². The van der Waals surface area contributed by atoms with Crippen molar-refractivity contribution in [3.8, 4) is 0 Å². The highest BCUT2D eigenvalue weighted by atomic mass is 32.2. The number of hydrogen-bond donors (Lipinski definition) is 1. The molecule has 0 atom stereocenters. The zero-order chi connectivity index (χ0) is 16.0. The smallest absolute Gasteiger partial charge is 0.260 e. The number of carbonyl (C=O) groups is 1. The summed E-state index contributed by atoms with van der Waals surface area (Å²) in [6, 6.07) is 11.7. The first-order valence-corrected chi connectivity index (χ1v) is 8.20. The Morgan fingerprint density at radius 2 is 2.00 bits per heavy atom. The van der Waals surface area contributed by atoms with Crippen LogP contribution in [0.1, 0.15) is 5.76 Å². The normalized spacial score (nSPS) is 11.5. The number of nitrogens with zero attached hydrogens (tertiary/aromatic N) is 2. The molecule has 8 heteroatoms. The summed E-state index contributed by atoms with van der Waals surface area (Å²) < 4.78 is 29.7. The van der Waals surface area contributed by atoms with Crippen molar-refractivity contribution in [2.45, 2.75) is 0 Å². The molecule has 0 radical (unpaired) electrons. The van der Waals surface area contributed by atoms with Crippen LogP contribution in [0.4, 0.5) is 5.69 Å². The molecule has 2 rings (SSSR count). The molecule has 2 aromatic rings.